The van der Waals surface area contributed by atoms with Crippen molar-refractivity contribution in [3.8, 4) is 0 Å². The Morgan fingerprint density at radius 2 is 2.16 bits per heavy atom. The zero-order valence-corrected chi connectivity index (χ0v) is 11.2. The second kappa shape index (κ2) is 6.62. The summed E-state index contributed by atoms with van der Waals surface area (Å²) in [7, 11) is -0.253. The average Bonchev–Trinajstić information content (AvgIpc) is 2.42. The van der Waals surface area contributed by atoms with Crippen LogP contribution in [0.2, 0.25) is 0 Å². The van der Waals surface area contributed by atoms with Crippen LogP contribution in [0, 0.1) is 0 Å². The van der Waals surface area contributed by atoms with E-state index in [-0.39, 0.29) is 12.1 Å². The molecule has 0 aliphatic carbocycles. The van der Waals surface area contributed by atoms with E-state index in [9.17, 15) is 13.2 Å². The molecule has 0 unspecified atom stereocenters. The van der Waals surface area contributed by atoms with E-state index in [1.54, 1.807) is 0 Å². The fourth-order valence-corrected chi connectivity index (χ4v) is 1.70. The van der Waals surface area contributed by atoms with Crippen LogP contribution in [0.5, 0.6) is 0 Å². The van der Waals surface area contributed by atoms with E-state index in [1.807, 2.05) is 0 Å². The molecule has 1 rings (SSSR count). The predicted octanol–water partition coefficient (Wildman–Crippen LogP) is 1.25. The Kier molecular flexibility index (Phi) is 5.16. The summed E-state index contributed by atoms with van der Waals surface area (Å²) in [6, 6.07) is 4.39. The fraction of sp³-hybridized carbons (Fsp3) is 0.300. The van der Waals surface area contributed by atoms with Gasteiger partial charge in [0.15, 0.2) is 0 Å². The third-order valence-corrected chi connectivity index (χ3v) is 3.05. The molecule has 0 radical (unpaired) electrons. The number of azide groups is 1. The third kappa shape index (κ3) is 3.87. The van der Waals surface area contributed by atoms with E-state index in [2.05, 4.69) is 14.8 Å². The number of carbonyl (C=O) groups excluding carboxylic acids is 1. The highest BCUT2D eigenvalue weighted by Crippen LogP contribution is 2.20. The van der Waals surface area contributed by atoms with Crippen molar-refractivity contribution in [2.75, 3.05) is 18.5 Å². The Morgan fingerprint density at radius 1 is 1.47 bits per heavy atom. The second-order valence-corrected chi connectivity index (χ2v) is 4.61. The lowest BCUT2D eigenvalue weighted by atomic mass is 10.1. The average molecular weight is 284 g/mol. The van der Waals surface area contributed by atoms with Crippen molar-refractivity contribution in [2.45, 2.75) is 6.54 Å². The number of rotatable bonds is 5. The third-order valence-electron chi connectivity index (χ3n) is 2.33. The Hall–Kier alpha value is -2.25. The van der Waals surface area contributed by atoms with Crippen molar-refractivity contribution in [1.82, 2.24) is 0 Å². The summed E-state index contributed by atoms with van der Waals surface area (Å²) in [6.45, 7) is 0.0117. The van der Waals surface area contributed by atoms with E-state index < -0.39 is 16.9 Å². The van der Waals surface area contributed by atoms with Gasteiger partial charge in [0.05, 0.1) is 24.9 Å². The molecule has 0 spiro atoms. The number of esters is 1. The van der Waals surface area contributed by atoms with E-state index in [4.69, 9.17) is 5.53 Å². The van der Waals surface area contributed by atoms with Gasteiger partial charge in [-0.3, -0.25) is 4.31 Å². The molecule has 8 nitrogen and oxygen atoms in total. The Labute approximate surface area is 111 Å². The van der Waals surface area contributed by atoms with Crippen LogP contribution in [0.4, 0.5) is 5.69 Å². The zero-order chi connectivity index (χ0) is 14.4. The Balaban J connectivity index is 3.30. The van der Waals surface area contributed by atoms with Crippen LogP contribution in [0.25, 0.3) is 10.4 Å². The smallest absolute Gasteiger partial charge is 0.337 e. The van der Waals surface area contributed by atoms with Crippen LogP contribution in [-0.2, 0) is 22.2 Å². The largest absolute Gasteiger partial charge is 0.465 e. The molecule has 0 N–H and O–H groups in total. The van der Waals surface area contributed by atoms with Crippen molar-refractivity contribution in [2.24, 2.45) is 5.11 Å². The van der Waals surface area contributed by atoms with Crippen LogP contribution < -0.4 is 4.31 Å². The van der Waals surface area contributed by atoms with E-state index in [1.165, 1.54) is 32.4 Å². The van der Waals surface area contributed by atoms with Gasteiger partial charge in [-0.2, -0.15) is 0 Å². The van der Waals surface area contributed by atoms with Gasteiger partial charge < -0.3 is 4.74 Å². The molecule has 0 fully saturated rings. The highest BCUT2D eigenvalue weighted by Gasteiger charge is 2.11. The van der Waals surface area contributed by atoms with Crippen LogP contribution in [0.1, 0.15) is 15.9 Å². The summed E-state index contributed by atoms with van der Waals surface area (Å²) in [5.74, 6) is -0.599. The normalized spacial score (nSPS) is 9.84. The molecule has 1 aromatic carbocycles. The minimum absolute atomic E-state index is 0.0117. The fourth-order valence-electron chi connectivity index (χ4n) is 1.40. The van der Waals surface area contributed by atoms with Crippen LogP contribution >= 0.6 is 0 Å². The molecule has 0 aliphatic heterocycles. The molecule has 0 aromatic heterocycles. The first kappa shape index (κ1) is 14.8. The molecule has 0 atom stereocenters. The summed E-state index contributed by atoms with van der Waals surface area (Å²) in [5.41, 5.74) is 9.27. The first-order chi connectivity index (χ1) is 8.99. The number of methoxy groups -OCH3 is 1. The van der Waals surface area contributed by atoms with Crippen molar-refractivity contribution >= 4 is 22.5 Å². The molecule has 0 bridgehead atoms. The van der Waals surface area contributed by atoms with E-state index in [0.717, 1.165) is 4.31 Å². The first-order valence-corrected chi connectivity index (χ1v) is 6.23. The number of ether oxygens (including phenoxy) is 1. The van der Waals surface area contributed by atoms with Crippen LogP contribution in [0.3, 0.4) is 0 Å². The molecule has 1 aromatic rings. The van der Waals surface area contributed by atoms with Gasteiger partial charge >= 0.3 is 5.97 Å². The summed E-state index contributed by atoms with van der Waals surface area (Å²) in [6.07, 6.45) is 0. The van der Waals surface area contributed by atoms with Crippen molar-refractivity contribution in [3.05, 3.63) is 39.8 Å². The predicted molar refractivity (Wildman–Crippen MR) is 69.3 cm³/mol. The maximum atomic E-state index is 11.5. The SMILES string of the molecule is COC(=O)c1cc(CN=[N+]=[N-])cc(N(C)[SH](=O)=O)c1. The summed E-state index contributed by atoms with van der Waals surface area (Å²) in [5, 5.41) is 3.37. The van der Waals surface area contributed by atoms with Crippen molar-refractivity contribution in [1.29, 1.82) is 0 Å². The van der Waals surface area contributed by atoms with Crippen LogP contribution in [-0.4, -0.2) is 28.5 Å². The molecular formula is C10H12N4O4S. The summed E-state index contributed by atoms with van der Waals surface area (Å²) >= 11 is 0. The molecule has 0 amide bonds. The topological polar surface area (TPSA) is 112 Å². The number of carbonyl (C=O) groups is 1. The van der Waals surface area contributed by atoms with E-state index in [0.29, 0.717) is 11.3 Å². The van der Waals surface area contributed by atoms with Gasteiger partial charge in [-0.25, -0.2) is 13.2 Å². The Bertz CT molecular complexity index is 600. The van der Waals surface area contributed by atoms with Gasteiger partial charge in [0, 0.05) is 12.0 Å². The number of nitrogens with zero attached hydrogens (tertiary/aromatic N) is 4. The zero-order valence-electron chi connectivity index (χ0n) is 10.3. The van der Waals surface area contributed by atoms with Gasteiger partial charge in [-0.05, 0) is 29.3 Å². The summed E-state index contributed by atoms with van der Waals surface area (Å²) in [4.78, 5) is 14.1. The van der Waals surface area contributed by atoms with Gasteiger partial charge in [0.25, 0.3) is 0 Å². The van der Waals surface area contributed by atoms with Gasteiger partial charge in [0.2, 0.25) is 10.9 Å². The second-order valence-electron chi connectivity index (χ2n) is 3.53. The number of hydrogen-bond acceptors (Lipinski definition) is 5. The Morgan fingerprint density at radius 3 is 2.68 bits per heavy atom. The number of thiol groups is 1. The van der Waals surface area contributed by atoms with Crippen LogP contribution in [0.15, 0.2) is 23.3 Å². The maximum absolute atomic E-state index is 11.5. The molecule has 0 heterocycles. The lowest BCUT2D eigenvalue weighted by Gasteiger charge is -2.13. The van der Waals surface area contributed by atoms with Crippen molar-refractivity contribution in [3.63, 3.8) is 0 Å². The lowest BCUT2D eigenvalue weighted by molar-refractivity contribution is 0.0600. The quantitative estimate of drug-likeness (QED) is 0.288. The first-order valence-electron chi connectivity index (χ1n) is 5.10. The molecular weight excluding hydrogens is 272 g/mol. The van der Waals surface area contributed by atoms with Gasteiger partial charge in [0.1, 0.15) is 0 Å². The standard InChI is InChI=1S/C10H12N4O4S/c1-14(19(16)17)9-4-7(6-12-13-11)3-8(5-9)10(15)18-2/h3-5,19H,6H2,1-2H3. The van der Waals surface area contributed by atoms with Gasteiger partial charge in [-0.15, -0.1) is 0 Å². The minimum atomic E-state index is -2.82. The molecule has 19 heavy (non-hydrogen) atoms. The maximum Gasteiger partial charge on any atom is 0.337 e. The van der Waals surface area contributed by atoms with Crippen molar-refractivity contribution < 1.29 is 17.9 Å². The molecule has 9 heteroatoms. The molecule has 102 valence electrons. The number of benzene rings is 1. The highest BCUT2D eigenvalue weighted by molar-refractivity contribution is 7.74. The number of anilines is 1. The van der Waals surface area contributed by atoms with Gasteiger partial charge in [-0.1, -0.05) is 5.11 Å². The monoisotopic (exact) mass is 284 g/mol. The minimum Gasteiger partial charge on any atom is -0.465 e. The summed E-state index contributed by atoms with van der Waals surface area (Å²) < 4.78 is 27.4. The molecule has 0 saturated heterocycles. The lowest BCUT2D eigenvalue weighted by Crippen LogP contribution is -2.15. The molecule has 0 aliphatic rings. The van der Waals surface area contributed by atoms with E-state index >= 15 is 0 Å². The molecule has 0 saturated carbocycles. The number of hydrogen-bond donors (Lipinski definition) is 1. The highest BCUT2D eigenvalue weighted by atomic mass is 32.2.